The van der Waals surface area contributed by atoms with E-state index < -0.39 is 5.67 Å². The van der Waals surface area contributed by atoms with Crippen molar-refractivity contribution in [1.82, 2.24) is 29.6 Å². The van der Waals surface area contributed by atoms with Gasteiger partial charge in [-0.15, -0.1) is 0 Å². The van der Waals surface area contributed by atoms with Gasteiger partial charge in [-0.2, -0.15) is 5.10 Å². The van der Waals surface area contributed by atoms with Crippen molar-refractivity contribution >= 4 is 12.6 Å². The van der Waals surface area contributed by atoms with Crippen LogP contribution in [0, 0.1) is 0 Å². The van der Waals surface area contributed by atoms with E-state index in [4.69, 9.17) is 0 Å². The first kappa shape index (κ1) is 19.8. The number of rotatable bonds is 6. The van der Waals surface area contributed by atoms with Crippen molar-refractivity contribution in [3.63, 3.8) is 0 Å². The number of pyridine rings is 1. The number of aromatic nitrogens is 5. The van der Waals surface area contributed by atoms with Gasteiger partial charge in [0.25, 0.3) is 5.91 Å². The number of hydrogen-bond donors (Lipinski definition) is 0. The molecule has 154 valence electrons. The third kappa shape index (κ3) is 4.24. The Morgan fingerprint density at radius 1 is 1.23 bits per heavy atom. The molecule has 0 aliphatic carbocycles. The molecule has 3 aromatic rings. The number of aliphatic imine (C=N–C) groups is 1. The molecule has 1 aliphatic rings. The number of carbonyl (C=O) groups excluding carboxylic acids is 1. The zero-order chi connectivity index (χ0) is 21.0. The highest BCUT2D eigenvalue weighted by atomic mass is 19.1. The maximum Gasteiger partial charge on any atom is 0.256 e. The Morgan fingerprint density at radius 3 is 2.80 bits per heavy atom. The van der Waals surface area contributed by atoms with Gasteiger partial charge in [0.15, 0.2) is 0 Å². The number of halogens is 1. The average molecular weight is 407 g/mol. The van der Waals surface area contributed by atoms with Gasteiger partial charge in [-0.25, -0.2) is 14.4 Å². The molecule has 9 heteroatoms. The molecule has 8 nitrogen and oxygen atoms in total. The molecule has 0 saturated carbocycles. The average Bonchev–Trinajstić information content (AvgIpc) is 3.21. The van der Waals surface area contributed by atoms with E-state index in [-0.39, 0.29) is 25.3 Å². The molecule has 4 rings (SSSR count). The van der Waals surface area contributed by atoms with Crippen LogP contribution in [0.25, 0.3) is 11.4 Å². The van der Waals surface area contributed by atoms with Crippen molar-refractivity contribution in [2.24, 2.45) is 4.99 Å². The maximum atomic E-state index is 15.4. The third-order valence-corrected chi connectivity index (χ3v) is 5.24. The van der Waals surface area contributed by atoms with Crippen molar-refractivity contribution in [1.29, 1.82) is 0 Å². The molecule has 30 heavy (non-hydrogen) atoms. The predicted molar refractivity (Wildman–Crippen MR) is 110 cm³/mol. The van der Waals surface area contributed by atoms with E-state index >= 15 is 4.39 Å². The fraction of sp³-hybridized carbons (Fsp3) is 0.333. The van der Waals surface area contributed by atoms with Crippen molar-refractivity contribution in [2.45, 2.75) is 31.6 Å². The van der Waals surface area contributed by atoms with Crippen molar-refractivity contribution in [2.75, 3.05) is 13.1 Å². The lowest BCUT2D eigenvalue weighted by Crippen LogP contribution is -2.46. The van der Waals surface area contributed by atoms with Crippen LogP contribution in [0.5, 0.6) is 0 Å². The number of alkyl halides is 1. The summed E-state index contributed by atoms with van der Waals surface area (Å²) in [6.45, 7) is 4.74. The molecule has 0 atom stereocenters. The Hall–Kier alpha value is -3.49. The van der Waals surface area contributed by atoms with E-state index in [0.29, 0.717) is 36.6 Å². The van der Waals surface area contributed by atoms with Crippen LogP contribution in [-0.4, -0.2) is 61.0 Å². The second-order valence-electron chi connectivity index (χ2n) is 7.37. The topological polar surface area (TPSA) is 89.2 Å². The normalized spacial score (nSPS) is 15.7. The Kier molecular flexibility index (Phi) is 5.60. The molecule has 1 amide bonds. The fourth-order valence-corrected chi connectivity index (χ4v) is 3.65. The largest absolute Gasteiger partial charge is 0.338 e. The highest BCUT2D eigenvalue weighted by Gasteiger charge is 2.37. The van der Waals surface area contributed by atoms with Gasteiger partial charge in [0.05, 0.1) is 30.5 Å². The minimum atomic E-state index is -1.41. The van der Waals surface area contributed by atoms with E-state index in [1.54, 1.807) is 52.6 Å². The monoisotopic (exact) mass is 407 g/mol. The van der Waals surface area contributed by atoms with E-state index in [9.17, 15) is 4.79 Å². The van der Waals surface area contributed by atoms with Crippen LogP contribution in [0.1, 0.15) is 28.8 Å². The molecule has 1 saturated heterocycles. The molecular formula is C21H22FN7O. The molecule has 4 heterocycles. The van der Waals surface area contributed by atoms with Gasteiger partial charge in [-0.05, 0) is 24.9 Å². The molecule has 0 radical (unpaired) electrons. The first-order chi connectivity index (χ1) is 14.6. The summed E-state index contributed by atoms with van der Waals surface area (Å²) >= 11 is 0. The first-order valence-electron chi connectivity index (χ1n) is 9.71. The van der Waals surface area contributed by atoms with Crippen molar-refractivity contribution < 1.29 is 9.18 Å². The summed E-state index contributed by atoms with van der Waals surface area (Å²) < 4.78 is 17.0. The van der Waals surface area contributed by atoms with Crippen LogP contribution >= 0.6 is 0 Å². The summed E-state index contributed by atoms with van der Waals surface area (Å²) in [6, 6.07) is 5.15. The van der Waals surface area contributed by atoms with E-state index in [0.717, 1.165) is 5.56 Å². The quantitative estimate of drug-likeness (QED) is 0.586. The summed E-state index contributed by atoms with van der Waals surface area (Å²) in [7, 11) is 0. The molecule has 0 aromatic carbocycles. The number of carbonyl (C=O) groups is 1. The lowest BCUT2D eigenvalue weighted by Gasteiger charge is -2.36. The molecular weight excluding hydrogens is 385 g/mol. The van der Waals surface area contributed by atoms with Crippen LogP contribution < -0.4 is 0 Å². The van der Waals surface area contributed by atoms with Gasteiger partial charge >= 0.3 is 0 Å². The maximum absolute atomic E-state index is 15.4. The minimum Gasteiger partial charge on any atom is -0.338 e. The molecule has 0 spiro atoms. The molecule has 1 aliphatic heterocycles. The number of piperidine rings is 1. The number of nitrogens with zero attached hydrogens (tertiary/aromatic N) is 7. The molecule has 3 aromatic heterocycles. The highest BCUT2D eigenvalue weighted by molar-refractivity contribution is 5.99. The van der Waals surface area contributed by atoms with Crippen LogP contribution in [0.3, 0.4) is 0 Å². The summed E-state index contributed by atoms with van der Waals surface area (Å²) in [4.78, 5) is 31.1. The van der Waals surface area contributed by atoms with E-state index in [2.05, 4.69) is 31.8 Å². The minimum absolute atomic E-state index is 0.158. The SMILES string of the molecule is C=NCc1cnn(CC2(F)CCN(C(=O)c3cccnc3-c3ccncn3)CC2)c1. The zero-order valence-electron chi connectivity index (χ0n) is 16.5. The van der Waals surface area contributed by atoms with E-state index in [1.165, 1.54) is 6.33 Å². The van der Waals surface area contributed by atoms with Gasteiger partial charge < -0.3 is 4.90 Å². The van der Waals surface area contributed by atoms with E-state index in [1.807, 2.05) is 0 Å². The van der Waals surface area contributed by atoms with Crippen LogP contribution in [-0.2, 0) is 13.1 Å². The second-order valence-corrected chi connectivity index (χ2v) is 7.37. The van der Waals surface area contributed by atoms with Crippen molar-refractivity contribution in [3.8, 4) is 11.4 Å². The molecule has 1 fully saturated rings. The van der Waals surface area contributed by atoms with Gasteiger partial charge in [0.2, 0.25) is 0 Å². The number of amides is 1. The van der Waals surface area contributed by atoms with Gasteiger partial charge in [0.1, 0.15) is 17.7 Å². The predicted octanol–water partition coefficient (Wildman–Crippen LogP) is 2.58. The number of hydrogen-bond acceptors (Lipinski definition) is 6. The molecule has 0 N–H and O–H groups in total. The van der Waals surface area contributed by atoms with Crippen molar-refractivity contribution in [3.05, 3.63) is 60.4 Å². The second kappa shape index (κ2) is 8.48. The zero-order valence-corrected chi connectivity index (χ0v) is 16.5. The van der Waals surface area contributed by atoms with Crippen LogP contribution in [0.4, 0.5) is 4.39 Å². The summed E-state index contributed by atoms with van der Waals surface area (Å²) in [5.41, 5.74) is 1.02. The van der Waals surface area contributed by atoms with Gasteiger partial charge in [0, 0.05) is 50.1 Å². The van der Waals surface area contributed by atoms with Crippen LogP contribution in [0.15, 0.2) is 54.3 Å². The Labute approximate surface area is 173 Å². The summed E-state index contributed by atoms with van der Waals surface area (Å²) in [5.74, 6) is -0.169. The lowest BCUT2D eigenvalue weighted by atomic mass is 9.92. The Bertz CT molecular complexity index is 1030. The fourth-order valence-electron chi connectivity index (χ4n) is 3.65. The smallest absolute Gasteiger partial charge is 0.256 e. The van der Waals surface area contributed by atoms with Gasteiger partial charge in [-0.1, -0.05) is 0 Å². The summed E-state index contributed by atoms with van der Waals surface area (Å²) in [6.07, 6.45) is 8.60. The molecule has 0 unspecified atom stereocenters. The Morgan fingerprint density at radius 2 is 2.07 bits per heavy atom. The standard InChI is InChI=1S/C21H22FN7O/c1-23-11-16-12-27-29(13-16)14-21(22)5-9-28(10-6-21)20(30)17-3-2-7-25-19(17)18-4-8-24-15-26-18/h2-4,7-8,12-13,15H,1,5-6,9-11,14H2. The van der Waals surface area contributed by atoms with Gasteiger partial charge in [-0.3, -0.25) is 19.5 Å². The summed E-state index contributed by atoms with van der Waals surface area (Å²) in [5, 5.41) is 4.21. The lowest BCUT2D eigenvalue weighted by molar-refractivity contribution is 0.0338. The Balaban J connectivity index is 1.44. The highest BCUT2D eigenvalue weighted by Crippen LogP contribution is 2.30. The van der Waals surface area contributed by atoms with Crippen LogP contribution in [0.2, 0.25) is 0 Å². The third-order valence-electron chi connectivity index (χ3n) is 5.24. The first-order valence-corrected chi connectivity index (χ1v) is 9.71. The molecule has 0 bridgehead atoms. The number of likely N-dealkylation sites (tertiary alicyclic amines) is 1.